The van der Waals surface area contributed by atoms with E-state index in [-0.39, 0.29) is 6.54 Å². The zero-order valence-electron chi connectivity index (χ0n) is 10.0. The van der Waals surface area contributed by atoms with Crippen molar-refractivity contribution in [3.8, 4) is 0 Å². The van der Waals surface area contributed by atoms with Crippen molar-refractivity contribution >= 4 is 5.97 Å². The molecule has 0 amide bonds. The molecule has 0 unspecified atom stereocenters. The van der Waals surface area contributed by atoms with Gasteiger partial charge in [0.05, 0.1) is 13.1 Å². The molecule has 0 saturated heterocycles. The van der Waals surface area contributed by atoms with Gasteiger partial charge in [-0.15, -0.1) is 0 Å². The highest BCUT2D eigenvalue weighted by molar-refractivity contribution is 5.69. The fourth-order valence-electron chi connectivity index (χ4n) is 1.92. The van der Waals surface area contributed by atoms with Gasteiger partial charge in [0.2, 0.25) is 0 Å². The molecule has 1 saturated carbocycles. The normalized spacial score (nSPS) is 15.4. The molecule has 2 rings (SSSR count). The van der Waals surface area contributed by atoms with Crippen LogP contribution in [0.1, 0.15) is 32.0 Å². The van der Waals surface area contributed by atoms with Gasteiger partial charge in [0.15, 0.2) is 0 Å². The summed E-state index contributed by atoms with van der Waals surface area (Å²) in [6.07, 6.45) is 4.72. The number of aromatic nitrogens is 3. The summed E-state index contributed by atoms with van der Waals surface area (Å²) in [5.41, 5.74) is 0. The number of aryl methyl sites for hydroxylation is 1. The Bertz CT molecular complexity index is 387. The number of hydrogen-bond donors (Lipinski definition) is 1. The van der Waals surface area contributed by atoms with Gasteiger partial charge in [-0.2, -0.15) is 5.10 Å². The average Bonchev–Trinajstić information content (AvgIpc) is 3.02. The van der Waals surface area contributed by atoms with Crippen LogP contribution < -0.4 is 0 Å². The molecule has 0 aromatic carbocycles. The molecule has 1 aliphatic carbocycles. The second kappa shape index (κ2) is 5.27. The molecule has 0 bridgehead atoms. The Balaban J connectivity index is 2.00. The van der Waals surface area contributed by atoms with Gasteiger partial charge in [-0.1, -0.05) is 6.92 Å². The lowest BCUT2D eigenvalue weighted by molar-refractivity contribution is -0.138. The van der Waals surface area contributed by atoms with Crippen LogP contribution in [0.4, 0.5) is 0 Å². The van der Waals surface area contributed by atoms with Gasteiger partial charge in [-0.05, 0) is 19.3 Å². The van der Waals surface area contributed by atoms with Crippen LogP contribution in [0.5, 0.6) is 0 Å². The molecule has 1 aromatic rings. The molecular formula is C11H18N4O2. The second-order valence-corrected chi connectivity index (χ2v) is 4.43. The number of hydrogen-bond acceptors (Lipinski definition) is 4. The van der Waals surface area contributed by atoms with E-state index in [1.807, 2.05) is 9.58 Å². The standard InChI is InChI=1S/C11H18N4O2/c1-2-5-15-10(12-8-13-15)6-14(7-11(16)17)9-3-4-9/h8-9H,2-7H2,1H3,(H,16,17). The van der Waals surface area contributed by atoms with Crippen molar-refractivity contribution in [3.63, 3.8) is 0 Å². The first-order chi connectivity index (χ1) is 8.20. The summed E-state index contributed by atoms with van der Waals surface area (Å²) < 4.78 is 1.86. The third kappa shape index (κ3) is 3.26. The number of aliphatic carboxylic acids is 1. The topological polar surface area (TPSA) is 71.2 Å². The maximum Gasteiger partial charge on any atom is 0.317 e. The minimum Gasteiger partial charge on any atom is -0.480 e. The van der Waals surface area contributed by atoms with Gasteiger partial charge in [-0.3, -0.25) is 9.69 Å². The van der Waals surface area contributed by atoms with Crippen LogP contribution in [0.25, 0.3) is 0 Å². The van der Waals surface area contributed by atoms with Crippen molar-refractivity contribution in [1.29, 1.82) is 0 Å². The van der Waals surface area contributed by atoms with Crippen molar-refractivity contribution in [2.75, 3.05) is 6.54 Å². The average molecular weight is 238 g/mol. The van der Waals surface area contributed by atoms with E-state index < -0.39 is 5.97 Å². The van der Waals surface area contributed by atoms with Crippen molar-refractivity contribution < 1.29 is 9.90 Å². The lowest BCUT2D eigenvalue weighted by Gasteiger charge is -2.19. The monoisotopic (exact) mass is 238 g/mol. The summed E-state index contributed by atoms with van der Waals surface area (Å²) in [6.45, 7) is 3.59. The predicted octanol–water partition coefficient (Wildman–Crippen LogP) is 0.737. The molecule has 1 aliphatic rings. The first-order valence-corrected chi connectivity index (χ1v) is 6.03. The maximum atomic E-state index is 10.8. The largest absolute Gasteiger partial charge is 0.480 e. The number of rotatable bonds is 7. The van der Waals surface area contributed by atoms with Crippen molar-refractivity contribution in [2.24, 2.45) is 0 Å². The molecule has 0 atom stereocenters. The van der Waals surface area contributed by atoms with E-state index in [1.54, 1.807) is 0 Å². The second-order valence-electron chi connectivity index (χ2n) is 4.43. The van der Waals surface area contributed by atoms with E-state index in [2.05, 4.69) is 17.0 Å². The van der Waals surface area contributed by atoms with Crippen LogP contribution in [0.2, 0.25) is 0 Å². The molecule has 17 heavy (non-hydrogen) atoms. The van der Waals surface area contributed by atoms with Gasteiger partial charge in [0, 0.05) is 12.6 Å². The quantitative estimate of drug-likeness (QED) is 0.758. The van der Waals surface area contributed by atoms with Gasteiger partial charge in [-0.25, -0.2) is 9.67 Å². The molecular weight excluding hydrogens is 220 g/mol. The highest BCUT2D eigenvalue weighted by atomic mass is 16.4. The molecule has 1 heterocycles. The summed E-state index contributed by atoms with van der Waals surface area (Å²) in [7, 11) is 0. The number of carbonyl (C=O) groups is 1. The van der Waals surface area contributed by atoms with E-state index in [0.717, 1.165) is 31.6 Å². The fourth-order valence-corrected chi connectivity index (χ4v) is 1.92. The Morgan fingerprint density at radius 2 is 2.41 bits per heavy atom. The van der Waals surface area contributed by atoms with Gasteiger partial charge < -0.3 is 5.11 Å². The van der Waals surface area contributed by atoms with Crippen molar-refractivity contribution in [1.82, 2.24) is 19.7 Å². The smallest absolute Gasteiger partial charge is 0.317 e. The summed E-state index contributed by atoms with van der Waals surface area (Å²) in [5.74, 6) is 0.0819. The van der Waals surface area contributed by atoms with Crippen LogP contribution in [-0.4, -0.2) is 43.3 Å². The van der Waals surface area contributed by atoms with Gasteiger partial charge in [0.1, 0.15) is 12.2 Å². The zero-order valence-corrected chi connectivity index (χ0v) is 10.0. The molecule has 1 fully saturated rings. The first kappa shape index (κ1) is 12.0. The summed E-state index contributed by atoms with van der Waals surface area (Å²) in [4.78, 5) is 17.0. The molecule has 0 spiro atoms. The van der Waals surface area contributed by atoms with Crippen LogP contribution in [0.3, 0.4) is 0 Å². The fraction of sp³-hybridized carbons (Fsp3) is 0.727. The Morgan fingerprint density at radius 1 is 1.65 bits per heavy atom. The van der Waals surface area contributed by atoms with Gasteiger partial charge >= 0.3 is 5.97 Å². The third-order valence-electron chi connectivity index (χ3n) is 2.88. The number of carboxylic acids is 1. The van der Waals surface area contributed by atoms with Crippen LogP contribution >= 0.6 is 0 Å². The highest BCUT2D eigenvalue weighted by Gasteiger charge is 2.31. The maximum absolute atomic E-state index is 10.8. The SMILES string of the molecule is CCCn1ncnc1CN(CC(=O)O)C1CC1. The zero-order chi connectivity index (χ0) is 12.3. The molecule has 94 valence electrons. The first-order valence-electron chi connectivity index (χ1n) is 6.03. The Labute approximate surface area is 100 Å². The Hall–Kier alpha value is -1.43. The molecule has 6 nitrogen and oxygen atoms in total. The minimum atomic E-state index is -0.779. The van der Waals surface area contributed by atoms with E-state index >= 15 is 0 Å². The van der Waals surface area contributed by atoms with E-state index in [4.69, 9.17) is 5.11 Å². The molecule has 0 aliphatic heterocycles. The minimum absolute atomic E-state index is 0.0870. The summed E-state index contributed by atoms with van der Waals surface area (Å²) in [5, 5.41) is 13.0. The van der Waals surface area contributed by atoms with Crippen LogP contribution in [0.15, 0.2) is 6.33 Å². The number of carboxylic acid groups (broad SMARTS) is 1. The lowest BCUT2D eigenvalue weighted by atomic mass is 10.4. The Kier molecular flexibility index (Phi) is 3.73. The van der Waals surface area contributed by atoms with Crippen LogP contribution in [-0.2, 0) is 17.9 Å². The van der Waals surface area contributed by atoms with Crippen molar-refractivity contribution in [3.05, 3.63) is 12.2 Å². The van der Waals surface area contributed by atoms with Crippen LogP contribution in [0, 0.1) is 0 Å². The van der Waals surface area contributed by atoms with Crippen molar-refractivity contribution in [2.45, 2.75) is 45.3 Å². The molecule has 6 heteroatoms. The molecule has 1 aromatic heterocycles. The van der Waals surface area contributed by atoms with E-state index in [1.165, 1.54) is 6.33 Å². The number of nitrogens with zero attached hydrogens (tertiary/aromatic N) is 4. The lowest BCUT2D eigenvalue weighted by Crippen LogP contribution is -2.32. The summed E-state index contributed by atoms with van der Waals surface area (Å²) >= 11 is 0. The Morgan fingerprint density at radius 3 is 3.00 bits per heavy atom. The van der Waals surface area contributed by atoms with Gasteiger partial charge in [0.25, 0.3) is 0 Å². The van der Waals surface area contributed by atoms with E-state index in [9.17, 15) is 4.79 Å². The molecule has 1 N–H and O–H groups in total. The predicted molar refractivity (Wildman–Crippen MR) is 61.4 cm³/mol. The molecule has 0 radical (unpaired) electrons. The summed E-state index contributed by atoms with van der Waals surface area (Å²) in [6, 6.07) is 0.415. The highest BCUT2D eigenvalue weighted by Crippen LogP contribution is 2.27. The van der Waals surface area contributed by atoms with E-state index in [0.29, 0.717) is 12.6 Å². The third-order valence-corrected chi connectivity index (χ3v) is 2.88.